The van der Waals surface area contributed by atoms with Gasteiger partial charge in [0.15, 0.2) is 0 Å². The maximum Gasteiger partial charge on any atom is 0.333 e. The lowest BCUT2D eigenvalue weighted by Crippen LogP contribution is -2.74. The summed E-state index contributed by atoms with van der Waals surface area (Å²) in [6.45, 7) is -0.423. The number of rotatable bonds is 8. The molecule has 81 heavy (non-hydrogen) atoms. The molecule has 6 heterocycles. The number of fused-ring (bicyclic) bond motifs is 12. The zero-order valence-corrected chi connectivity index (χ0v) is 44.1. The summed E-state index contributed by atoms with van der Waals surface area (Å²) in [5.41, 5.74) is 30.6. The van der Waals surface area contributed by atoms with E-state index in [-0.39, 0.29) is 20.4 Å². The molecular formula is C72H47B3N6. The van der Waals surface area contributed by atoms with E-state index in [1.165, 1.54) is 106 Å². The summed E-state index contributed by atoms with van der Waals surface area (Å²) in [7, 11) is 0. The maximum absolute atomic E-state index is 2.69. The molecule has 6 aliphatic heterocycles. The van der Waals surface area contributed by atoms with Crippen LogP contribution in [0, 0.1) is 0 Å². The Labute approximate surface area is 472 Å². The van der Waals surface area contributed by atoms with Crippen LogP contribution < -0.4 is 67.5 Å². The topological polar surface area (TPSA) is 19.4 Å². The lowest BCUT2D eigenvalue weighted by Gasteiger charge is -2.56. The Hall–Kier alpha value is -10.4. The van der Waals surface area contributed by atoms with Crippen LogP contribution in [0.3, 0.4) is 0 Å². The summed E-state index contributed by atoms with van der Waals surface area (Å²) < 4.78 is 0. The minimum absolute atomic E-state index is 0.133. The molecule has 0 saturated carbocycles. The van der Waals surface area contributed by atoms with E-state index >= 15 is 0 Å². The third-order valence-corrected chi connectivity index (χ3v) is 17.9. The van der Waals surface area contributed by atoms with Crippen molar-refractivity contribution in [2.75, 3.05) is 29.2 Å². The third kappa shape index (κ3) is 6.15. The fourth-order valence-corrected chi connectivity index (χ4v) is 14.9. The Bertz CT molecular complexity index is 4170. The van der Waals surface area contributed by atoms with Gasteiger partial charge >= 0.3 is 13.7 Å². The highest BCUT2D eigenvalue weighted by atomic mass is 15.2. The second-order valence-corrected chi connectivity index (χ2v) is 21.9. The predicted molar refractivity (Wildman–Crippen MR) is 342 cm³/mol. The third-order valence-electron chi connectivity index (χ3n) is 17.9. The van der Waals surface area contributed by atoms with E-state index in [4.69, 9.17) is 0 Å². The molecule has 0 fully saturated rings. The van der Waals surface area contributed by atoms with Gasteiger partial charge in [-0.3, -0.25) is 0 Å². The molecule has 0 saturated heterocycles. The molecule has 9 heteroatoms. The zero-order valence-electron chi connectivity index (χ0n) is 44.1. The van der Waals surface area contributed by atoms with Crippen molar-refractivity contribution in [3.63, 3.8) is 0 Å². The molecule has 12 aromatic rings. The summed E-state index contributed by atoms with van der Waals surface area (Å²) in [5.74, 6) is 0. The van der Waals surface area contributed by atoms with Gasteiger partial charge in [-0.25, -0.2) is 0 Å². The predicted octanol–water partition coefficient (Wildman–Crippen LogP) is 13.5. The number of benzene rings is 12. The molecule has 0 radical (unpaired) electrons. The van der Waals surface area contributed by atoms with Crippen molar-refractivity contribution in [2.45, 2.75) is 0 Å². The van der Waals surface area contributed by atoms with E-state index in [0.717, 1.165) is 34.1 Å². The lowest BCUT2D eigenvalue weighted by atomic mass is 9.28. The molecule has 0 spiro atoms. The number of hydrogen-bond acceptors (Lipinski definition) is 6. The minimum atomic E-state index is -0.145. The van der Waals surface area contributed by atoms with E-state index in [1.54, 1.807) is 0 Å². The summed E-state index contributed by atoms with van der Waals surface area (Å²) >= 11 is 0. The molecular weight excluding hydrogens is 981 g/mol. The zero-order chi connectivity index (χ0) is 52.9. The van der Waals surface area contributed by atoms with Gasteiger partial charge in [-0.1, -0.05) is 164 Å². The van der Waals surface area contributed by atoms with Crippen LogP contribution in [0.25, 0.3) is 11.1 Å². The van der Waals surface area contributed by atoms with Gasteiger partial charge in [0, 0.05) is 96.6 Å². The number of nitrogens with zero attached hydrogens (tertiary/aromatic N) is 6. The van der Waals surface area contributed by atoms with Crippen LogP contribution in [-0.2, 0) is 0 Å². The van der Waals surface area contributed by atoms with Crippen molar-refractivity contribution in [3.05, 3.63) is 285 Å². The van der Waals surface area contributed by atoms with Crippen LogP contribution in [-0.4, -0.2) is 20.4 Å². The van der Waals surface area contributed by atoms with Crippen molar-refractivity contribution in [2.24, 2.45) is 0 Å². The van der Waals surface area contributed by atoms with Crippen LogP contribution >= 0.6 is 0 Å². The Kier molecular flexibility index (Phi) is 9.40. The molecule has 6 aliphatic rings. The quantitative estimate of drug-likeness (QED) is 0.140. The second-order valence-electron chi connectivity index (χ2n) is 21.9. The minimum Gasteiger partial charge on any atom is -0.376 e. The SMILES string of the molecule is c1ccc(N2B3c4ccccc4N4c5cc(N(c6ccccc6)c6ccccc6)ccc5B5c6ccc(N(c7ccccc7)c7ccccc7)cc6N6c7ccccc7B7c8c(c3c4c5c86)-c3c2cccc3N7c2ccccc2)cc1. The normalized spacial score (nSPS) is 13.8. The van der Waals surface area contributed by atoms with Crippen molar-refractivity contribution >= 4 is 150 Å². The summed E-state index contributed by atoms with van der Waals surface area (Å²) in [6.07, 6.45) is 0. The molecule has 18 rings (SSSR count). The molecule has 0 atom stereocenters. The van der Waals surface area contributed by atoms with Crippen LogP contribution in [0.1, 0.15) is 0 Å². The van der Waals surface area contributed by atoms with Gasteiger partial charge in [-0.15, -0.1) is 0 Å². The average molecular weight is 1030 g/mol. The molecule has 0 N–H and O–H groups in total. The smallest absolute Gasteiger partial charge is 0.333 e. The number of anilines is 16. The van der Waals surface area contributed by atoms with Crippen molar-refractivity contribution in [3.8, 4) is 11.1 Å². The standard InChI is InChI=1S/C72H47B3N6/c1-7-24-48(25-8-1)76(49-26-9-2-10-27-49)54-42-44-56-64(46-54)78-60-38-21-19-36-58(60)74-68-67-66-62(80(74)52-32-15-5-16-33-52)40-23-41-63(66)81(53-34-17-6-18-35-53)75-59-37-20-22-39-61(59)79-65-47-55(43-45-57(65)73(56)70(71(68)78)72(79)69(67)75)77(50-28-11-3-12-29-50)51-30-13-4-14-31-51/h1-47H. The number of hydrogen-bond donors (Lipinski definition) is 0. The van der Waals surface area contributed by atoms with Gasteiger partial charge in [0.25, 0.3) is 6.71 Å². The first-order chi connectivity index (χ1) is 40.3. The summed E-state index contributed by atoms with van der Waals surface area (Å²) in [6, 6.07) is 106. The average Bonchev–Trinajstić information content (AvgIpc) is 2.72. The van der Waals surface area contributed by atoms with Crippen LogP contribution in [0.2, 0.25) is 0 Å². The molecule has 0 bridgehead atoms. The van der Waals surface area contributed by atoms with Crippen molar-refractivity contribution < 1.29 is 0 Å². The highest BCUT2D eigenvalue weighted by Crippen LogP contribution is 2.57. The first kappa shape index (κ1) is 44.6. The van der Waals surface area contributed by atoms with Gasteiger partial charge in [0.2, 0.25) is 0 Å². The molecule has 12 aromatic carbocycles. The second kappa shape index (κ2) is 17.1. The van der Waals surface area contributed by atoms with Crippen LogP contribution in [0.5, 0.6) is 0 Å². The highest BCUT2D eigenvalue weighted by molar-refractivity contribution is 7.05. The molecule has 0 unspecified atom stereocenters. The van der Waals surface area contributed by atoms with Crippen LogP contribution in [0.15, 0.2) is 285 Å². The Balaban J connectivity index is 1.01. The van der Waals surface area contributed by atoms with E-state index in [1.807, 2.05) is 0 Å². The maximum atomic E-state index is 2.69. The molecule has 6 nitrogen and oxygen atoms in total. The van der Waals surface area contributed by atoms with Gasteiger partial charge in [-0.2, -0.15) is 0 Å². The largest absolute Gasteiger partial charge is 0.376 e. The summed E-state index contributed by atoms with van der Waals surface area (Å²) in [4.78, 5) is 15.6. The molecule has 374 valence electrons. The van der Waals surface area contributed by atoms with Crippen molar-refractivity contribution in [1.29, 1.82) is 0 Å². The van der Waals surface area contributed by atoms with Gasteiger partial charge in [0.1, 0.15) is 0 Å². The summed E-state index contributed by atoms with van der Waals surface area (Å²) in [5, 5.41) is 0. The van der Waals surface area contributed by atoms with Crippen molar-refractivity contribution in [1.82, 2.24) is 0 Å². The molecule has 0 aliphatic carbocycles. The van der Waals surface area contributed by atoms with E-state index in [9.17, 15) is 0 Å². The van der Waals surface area contributed by atoms with E-state index < -0.39 is 0 Å². The van der Waals surface area contributed by atoms with Gasteiger partial charge in [0.05, 0.1) is 0 Å². The fraction of sp³-hybridized carbons (Fsp3) is 0. The van der Waals surface area contributed by atoms with Gasteiger partial charge in [-0.05, 0) is 165 Å². The Morgan fingerprint density at radius 1 is 0.247 bits per heavy atom. The van der Waals surface area contributed by atoms with E-state index in [0.29, 0.717) is 0 Å². The Morgan fingerprint density at radius 3 is 0.988 bits per heavy atom. The first-order valence-corrected chi connectivity index (χ1v) is 28.2. The van der Waals surface area contributed by atoms with Gasteiger partial charge < -0.3 is 29.2 Å². The highest BCUT2D eigenvalue weighted by Gasteiger charge is 2.59. The Morgan fingerprint density at radius 2 is 0.593 bits per heavy atom. The molecule has 0 aromatic heterocycles. The monoisotopic (exact) mass is 1030 g/mol. The fourth-order valence-electron chi connectivity index (χ4n) is 14.9. The number of para-hydroxylation sites is 8. The van der Waals surface area contributed by atoms with Crippen LogP contribution in [0.4, 0.5) is 91.0 Å². The lowest BCUT2D eigenvalue weighted by molar-refractivity contribution is 1.22. The molecule has 0 amide bonds. The first-order valence-electron chi connectivity index (χ1n) is 28.2. The van der Waals surface area contributed by atoms with E-state index in [2.05, 4.69) is 314 Å².